The van der Waals surface area contributed by atoms with Gasteiger partial charge < -0.3 is 10.1 Å². The predicted molar refractivity (Wildman–Crippen MR) is 70.0 cm³/mol. The SMILES string of the molecule is O=C(c1cccc(F)c1F)C1CNc2ccccc2O1. The molecule has 0 saturated heterocycles. The molecule has 0 saturated carbocycles. The molecule has 0 aliphatic carbocycles. The second-order valence-corrected chi connectivity index (χ2v) is 4.45. The molecular formula is C15H11F2NO2. The highest BCUT2D eigenvalue weighted by Crippen LogP contribution is 2.29. The van der Waals surface area contributed by atoms with E-state index in [0.717, 1.165) is 11.8 Å². The first kappa shape index (κ1) is 12.6. The van der Waals surface area contributed by atoms with Crippen LogP contribution in [0.2, 0.25) is 0 Å². The van der Waals surface area contributed by atoms with Crippen LogP contribution < -0.4 is 10.1 Å². The Bertz CT molecular complexity index is 673. The monoisotopic (exact) mass is 275 g/mol. The molecule has 2 aromatic rings. The van der Waals surface area contributed by atoms with Gasteiger partial charge in [-0.2, -0.15) is 0 Å². The van der Waals surface area contributed by atoms with E-state index in [1.54, 1.807) is 12.1 Å². The van der Waals surface area contributed by atoms with Gasteiger partial charge in [-0.3, -0.25) is 4.79 Å². The summed E-state index contributed by atoms with van der Waals surface area (Å²) in [7, 11) is 0. The van der Waals surface area contributed by atoms with Crippen molar-refractivity contribution in [3.8, 4) is 5.75 Å². The quantitative estimate of drug-likeness (QED) is 0.856. The fourth-order valence-electron chi connectivity index (χ4n) is 2.13. The number of rotatable bonds is 2. The van der Waals surface area contributed by atoms with Gasteiger partial charge in [0.05, 0.1) is 17.8 Å². The Morgan fingerprint density at radius 1 is 1.15 bits per heavy atom. The maximum Gasteiger partial charge on any atom is 0.208 e. The Balaban J connectivity index is 1.88. The summed E-state index contributed by atoms with van der Waals surface area (Å²) >= 11 is 0. The van der Waals surface area contributed by atoms with Gasteiger partial charge in [0.2, 0.25) is 5.78 Å². The number of ether oxygens (including phenoxy) is 1. The first-order valence-electron chi connectivity index (χ1n) is 6.14. The zero-order valence-corrected chi connectivity index (χ0v) is 10.4. The number of halogens is 2. The van der Waals surface area contributed by atoms with E-state index in [2.05, 4.69) is 5.32 Å². The summed E-state index contributed by atoms with van der Waals surface area (Å²) in [4.78, 5) is 12.2. The molecule has 3 nitrogen and oxygen atoms in total. The van der Waals surface area contributed by atoms with Gasteiger partial charge in [0.1, 0.15) is 5.75 Å². The number of hydrogen-bond donors (Lipinski definition) is 1. The Kier molecular flexibility index (Phi) is 3.10. The summed E-state index contributed by atoms with van der Waals surface area (Å²) < 4.78 is 32.3. The fourth-order valence-corrected chi connectivity index (χ4v) is 2.13. The van der Waals surface area contributed by atoms with Gasteiger partial charge >= 0.3 is 0 Å². The van der Waals surface area contributed by atoms with E-state index in [1.807, 2.05) is 12.1 Å². The van der Waals surface area contributed by atoms with Crippen molar-refractivity contribution in [3.05, 3.63) is 59.7 Å². The van der Waals surface area contributed by atoms with Crippen LogP contribution in [0.3, 0.4) is 0 Å². The number of fused-ring (bicyclic) bond motifs is 1. The molecule has 102 valence electrons. The van der Waals surface area contributed by atoms with Crippen LogP contribution in [-0.2, 0) is 0 Å². The van der Waals surface area contributed by atoms with Gasteiger partial charge in [0.25, 0.3) is 0 Å². The highest BCUT2D eigenvalue weighted by molar-refractivity contribution is 6.00. The molecule has 20 heavy (non-hydrogen) atoms. The van der Waals surface area contributed by atoms with Crippen molar-refractivity contribution in [2.24, 2.45) is 0 Å². The molecule has 1 N–H and O–H groups in total. The third-order valence-electron chi connectivity index (χ3n) is 3.14. The summed E-state index contributed by atoms with van der Waals surface area (Å²) in [6, 6.07) is 10.7. The van der Waals surface area contributed by atoms with E-state index in [1.165, 1.54) is 12.1 Å². The number of benzene rings is 2. The van der Waals surface area contributed by atoms with Crippen LogP contribution in [0.4, 0.5) is 14.5 Å². The molecule has 1 aliphatic heterocycles. The van der Waals surface area contributed by atoms with E-state index >= 15 is 0 Å². The molecule has 0 aromatic heterocycles. The maximum absolute atomic E-state index is 13.6. The lowest BCUT2D eigenvalue weighted by molar-refractivity contribution is 0.0796. The zero-order chi connectivity index (χ0) is 14.1. The van der Waals surface area contributed by atoms with Crippen molar-refractivity contribution in [2.75, 3.05) is 11.9 Å². The molecule has 1 unspecified atom stereocenters. The maximum atomic E-state index is 13.6. The number of carbonyl (C=O) groups is 1. The predicted octanol–water partition coefficient (Wildman–Crippen LogP) is 3.02. The van der Waals surface area contributed by atoms with E-state index in [4.69, 9.17) is 4.74 Å². The average molecular weight is 275 g/mol. The first-order valence-corrected chi connectivity index (χ1v) is 6.14. The Hall–Kier alpha value is -2.43. The molecule has 0 fully saturated rings. The summed E-state index contributed by atoms with van der Waals surface area (Å²) in [5.74, 6) is -2.24. The molecule has 5 heteroatoms. The largest absolute Gasteiger partial charge is 0.478 e. The van der Waals surface area contributed by atoms with Crippen molar-refractivity contribution in [2.45, 2.75) is 6.10 Å². The van der Waals surface area contributed by atoms with Crippen molar-refractivity contribution < 1.29 is 18.3 Å². The Labute approximate surface area is 114 Å². The van der Waals surface area contributed by atoms with Gasteiger partial charge in [0, 0.05) is 0 Å². The number of para-hydroxylation sites is 2. The highest BCUT2D eigenvalue weighted by atomic mass is 19.2. The molecule has 0 amide bonds. The van der Waals surface area contributed by atoms with E-state index in [-0.39, 0.29) is 12.1 Å². The minimum Gasteiger partial charge on any atom is -0.478 e. The number of Topliss-reactive ketones (excluding diaryl/α,β-unsaturated/α-hetero) is 1. The summed E-state index contributed by atoms with van der Waals surface area (Å²) in [5, 5.41) is 3.04. The molecule has 0 radical (unpaired) electrons. The molecule has 3 rings (SSSR count). The van der Waals surface area contributed by atoms with Crippen LogP contribution in [0.15, 0.2) is 42.5 Å². The van der Waals surface area contributed by atoms with E-state index < -0.39 is 23.5 Å². The summed E-state index contributed by atoms with van der Waals surface area (Å²) in [5.41, 5.74) is 0.479. The Morgan fingerprint density at radius 2 is 1.95 bits per heavy atom. The van der Waals surface area contributed by atoms with Crippen LogP contribution in [0.5, 0.6) is 5.75 Å². The Morgan fingerprint density at radius 3 is 2.80 bits per heavy atom. The van der Waals surface area contributed by atoms with Gasteiger partial charge in [-0.1, -0.05) is 18.2 Å². The van der Waals surface area contributed by atoms with Gasteiger partial charge in [-0.15, -0.1) is 0 Å². The van der Waals surface area contributed by atoms with Crippen LogP contribution in [-0.4, -0.2) is 18.4 Å². The molecule has 2 aromatic carbocycles. The number of hydrogen-bond acceptors (Lipinski definition) is 3. The smallest absolute Gasteiger partial charge is 0.208 e. The molecular weight excluding hydrogens is 264 g/mol. The van der Waals surface area contributed by atoms with Crippen LogP contribution in [0.1, 0.15) is 10.4 Å². The second-order valence-electron chi connectivity index (χ2n) is 4.45. The standard InChI is InChI=1S/C15H11F2NO2/c16-10-5-3-4-9(14(10)17)15(19)13-8-18-11-6-1-2-7-12(11)20-13/h1-7,13,18H,8H2. The van der Waals surface area contributed by atoms with Gasteiger partial charge in [-0.25, -0.2) is 8.78 Å². The second kappa shape index (κ2) is 4.92. The molecule has 1 aliphatic rings. The topological polar surface area (TPSA) is 38.3 Å². The average Bonchev–Trinajstić information content (AvgIpc) is 2.49. The van der Waals surface area contributed by atoms with E-state index in [0.29, 0.717) is 5.75 Å². The first-order chi connectivity index (χ1) is 9.66. The van der Waals surface area contributed by atoms with Gasteiger partial charge in [-0.05, 0) is 24.3 Å². The lowest BCUT2D eigenvalue weighted by atomic mass is 10.0. The molecule has 0 bridgehead atoms. The number of ketones is 1. The number of nitrogens with one attached hydrogen (secondary N) is 1. The molecule has 1 atom stereocenters. The summed E-state index contributed by atoms with van der Waals surface area (Å²) in [6.45, 7) is 0.214. The minimum absolute atomic E-state index is 0.214. The highest BCUT2D eigenvalue weighted by Gasteiger charge is 2.29. The zero-order valence-electron chi connectivity index (χ0n) is 10.4. The fraction of sp³-hybridized carbons (Fsp3) is 0.133. The minimum atomic E-state index is -1.14. The molecule has 1 heterocycles. The van der Waals surface area contributed by atoms with E-state index in [9.17, 15) is 13.6 Å². The van der Waals surface area contributed by atoms with Crippen LogP contribution in [0, 0.1) is 11.6 Å². The lowest BCUT2D eigenvalue weighted by Crippen LogP contribution is -2.38. The van der Waals surface area contributed by atoms with Crippen molar-refractivity contribution in [1.82, 2.24) is 0 Å². The van der Waals surface area contributed by atoms with Crippen molar-refractivity contribution in [3.63, 3.8) is 0 Å². The number of carbonyl (C=O) groups excluding carboxylic acids is 1. The lowest BCUT2D eigenvalue weighted by Gasteiger charge is -2.26. The normalized spacial score (nSPS) is 16.8. The van der Waals surface area contributed by atoms with Gasteiger partial charge in [0.15, 0.2) is 17.7 Å². The van der Waals surface area contributed by atoms with Crippen molar-refractivity contribution >= 4 is 11.5 Å². The summed E-state index contributed by atoms with van der Waals surface area (Å²) in [6.07, 6.45) is -0.874. The third kappa shape index (κ3) is 2.11. The molecule has 0 spiro atoms. The van der Waals surface area contributed by atoms with Crippen LogP contribution in [0.25, 0.3) is 0 Å². The number of anilines is 1. The van der Waals surface area contributed by atoms with Crippen LogP contribution >= 0.6 is 0 Å². The third-order valence-corrected chi connectivity index (χ3v) is 3.14. The van der Waals surface area contributed by atoms with Crippen molar-refractivity contribution in [1.29, 1.82) is 0 Å².